The quantitative estimate of drug-likeness (QED) is 0.717. The number of carboxylic acid groups (broad SMARTS) is 1. The molecule has 9 nitrogen and oxygen atoms in total. The summed E-state index contributed by atoms with van der Waals surface area (Å²) in [5, 5.41) is 19.4. The molecular formula is C15H13FN6O3. The second-order valence-electron chi connectivity index (χ2n) is 5.22. The summed E-state index contributed by atoms with van der Waals surface area (Å²) in [5.74, 6) is -2.37. The van der Waals surface area contributed by atoms with E-state index in [0.29, 0.717) is 5.56 Å². The van der Waals surface area contributed by atoms with Crippen LogP contribution in [0.5, 0.6) is 0 Å². The van der Waals surface area contributed by atoms with Crippen molar-refractivity contribution >= 4 is 17.8 Å². The molecular weight excluding hydrogens is 331 g/mol. The number of nitrogens with zero attached hydrogens (tertiary/aromatic N) is 5. The molecule has 0 spiro atoms. The average molecular weight is 344 g/mol. The summed E-state index contributed by atoms with van der Waals surface area (Å²) in [6.45, 7) is 0.268. The van der Waals surface area contributed by atoms with E-state index in [-0.39, 0.29) is 29.6 Å². The van der Waals surface area contributed by atoms with Gasteiger partial charge in [0.15, 0.2) is 5.69 Å². The third-order valence-electron chi connectivity index (χ3n) is 3.27. The predicted molar refractivity (Wildman–Crippen MR) is 83.6 cm³/mol. The maximum Gasteiger partial charge on any atom is 0.339 e. The molecule has 25 heavy (non-hydrogen) atoms. The van der Waals surface area contributed by atoms with Crippen LogP contribution in [0.3, 0.4) is 0 Å². The molecule has 1 aromatic carbocycles. The van der Waals surface area contributed by atoms with Crippen molar-refractivity contribution in [2.45, 2.75) is 6.54 Å². The summed E-state index contributed by atoms with van der Waals surface area (Å²) >= 11 is 0. The molecule has 0 radical (unpaired) electrons. The Hall–Kier alpha value is -3.56. The van der Waals surface area contributed by atoms with Crippen LogP contribution in [0.15, 0.2) is 36.8 Å². The van der Waals surface area contributed by atoms with Gasteiger partial charge in [-0.15, -0.1) is 5.10 Å². The fraction of sp³-hybridized carbons (Fsp3) is 0.133. The van der Waals surface area contributed by atoms with Crippen LogP contribution in [0, 0.1) is 5.82 Å². The lowest BCUT2D eigenvalue weighted by molar-refractivity contribution is 0.0692. The number of nitrogens with one attached hydrogen (secondary N) is 1. The van der Waals surface area contributed by atoms with Crippen LogP contribution in [0.2, 0.25) is 0 Å². The predicted octanol–water partition coefficient (Wildman–Crippen LogP) is 1.15. The van der Waals surface area contributed by atoms with Gasteiger partial charge in [0, 0.05) is 13.2 Å². The minimum atomic E-state index is -1.26. The third kappa shape index (κ3) is 3.68. The Balaban J connectivity index is 1.73. The largest absolute Gasteiger partial charge is 0.478 e. The van der Waals surface area contributed by atoms with E-state index in [1.54, 1.807) is 12.1 Å². The Morgan fingerprint density at radius 1 is 1.32 bits per heavy atom. The standard InChI is InChI=1S/C15H13FN6O3/c1-21-7-11(14(24)25)12(19-21)13(23)18-15-17-8-22(20-15)6-9-3-2-4-10(16)5-9/h2-5,7-8H,6H2,1H3,(H,24,25)(H,18,20,23). The van der Waals surface area contributed by atoms with Gasteiger partial charge in [-0.3, -0.25) is 14.8 Å². The average Bonchev–Trinajstić information content (AvgIpc) is 3.14. The number of benzene rings is 1. The van der Waals surface area contributed by atoms with Crippen molar-refractivity contribution in [1.82, 2.24) is 24.5 Å². The number of anilines is 1. The van der Waals surface area contributed by atoms with Crippen molar-refractivity contribution in [1.29, 1.82) is 0 Å². The highest BCUT2D eigenvalue weighted by molar-refractivity contribution is 6.08. The van der Waals surface area contributed by atoms with Crippen molar-refractivity contribution in [3.63, 3.8) is 0 Å². The smallest absolute Gasteiger partial charge is 0.339 e. The van der Waals surface area contributed by atoms with Gasteiger partial charge in [0.25, 0.3) is 5.91 Å². The van der Waals surface area contributed by atoms with Gasteiger partial charge in [-0.05, 0) is 17.7 Å². The van der Waals surface area contributed by atoms with Gasteiger partial charge in [-0.25, -0.2) is 18.9 Å². The van der Waals surface area contributed by atoms with Crippen LogP contribution in [0.25, 0.3) is 0 Å². The number of carbonyl (C=O) groups is 2. The Kier molecular flexibility index (Phi) is 4.25. The van der Waals surface area contributed by atoms with E-state index in [9.17, 15) is 14.0 Å². The molecule has 0 aliphatic heterocycles. The number of amides is 1. The Morgan fingerprint density at radius 2 is 2.12 bits per heavy atom. The monoisotopic (exact) mass is 344 g/mol. The van der Waals surface area contributed by atoms with Crippen molar-refractivity contribution in [2.24, 2.45) is 7.05 Å². The van der Waals surface area contributed by atoms with Gasteiger partial charge < -0.3 is 5.11 Å². The first-order valence-corrected chi connectivity index (χ1v) is 7.14. The van der Waals surface area contributed by atoms with Crippen LogP contribution in [0.1, 0.15) is 26.4 Å². The Morgan fingerprint density at radius 3 is 2.84 bits per heavy atom. The number of aromatic nitrogens is 5. The molecule has 128 valence electrons. The van der Waals surface area contributed by atoms with E-state index < -0.39 is 11.9 Å². The fourth-order valence-electron chi connectivity index (χ4n) is 2.22. The van der Waals surface area contributed by atoms with E-state index in [2.05, 4.69) is 20.5 Å². The Bertz CT molecular complexity index is 948. The first-order chi connectivity index (χ1) is 11.9. The first kappa shape index (κ1) is 16.3. The van der Waals surface area contributed by atoms with E-state index in [1.807, 2.05) is 0 Å². The number of rotatable bonds is 5. The minimum Gasteiger partial charge on any atom is -0.478 e. The molecule has 0 aliphatic carbocycles. The van der Waals surface area contributed by atoms with Crippen molar-refractivity contribution < 1.29 is 19.1 Å². The zero-order valence-electron chi connectivity index (χ0n) is 13.0. The third-order valence-corrected chi connectivity index (χ3v) is 3.27. The van der Waals surface area contributed by atoms with Gasteiger partial charge >= 0.3 is 5.97 Å². The van der Waals surface area contributed by atoms with Crippen LogP contribution in [0.4, 0.5) is 10.3 Å². The summed E-state index contributed by atoms with van der Waals surface area (Å²) in [6, 6.07) is 6.02. The summed E-state index contributed by atoms with van der Waals surface area (Å²) in [5.41, 5.74) is 0.219. The molecule has 0 saturated carbocycles. The number of carbonyl (C=O) groups excluding carboxylic acids is 1. The molecule has 2 heterocycles. The highest BCUT2D eigenvalue weighted by atomic mass is 19.1. The highest BCUT2D eigenvalue weighted by Crippen LogP contribution is 2.10. The molecule has 0 unspecified atom stereocenters. The van der Waals surface area contributed by atoms with Gasteiger partial charge in [-0.2, -0.15) is 5.10 Å². The van der Waals surface area contributed by atoms with E-state index in [1.165, 1.54) is 41.1 Å². The van der Waals surface area contributed by atoms with E-state index in [0.717, 1.165) is 0 Å². The number of halogens is 1. The number of aromatic carboxylic acids is 1. The number of carboxylic acids is 1. The highest BCUT2D eigenvalue weighted by Gasteiger charge is 2.22. The zero-order valence-corrected chi connectivity index (χ0v) is 13.0. The number of hydrogen-bond acceptors (Lipinski definition) is 5. The number of hydrogen-bond donors (Lipinski definition) is 2. The second kappa shape index (κ2) is 6.51. The molecule has 3 rings (SSSR count). The van der Waals surface area contributed by atoms with Crippen molar-refractivity contribution in [2.75, 3.05) is 5.32 Å². The van der Waals surface area contributed by atoms with Gasteiger partial charge in [0.05, 0.1) is 6.54 Å². The topological polar surface area (TPSA) is 115 Å². The summed E-state index contributed by atoms with van der Waals surface area (Å²) in [7, 11) is 1.51. The molecule has 0 bridgehead atoms. The molecule has 1 amide bonds. The normalized spacial score (nSPS) is 10.6. The maximum atomic E-state index is 13.2. The molecule has 10 heteroatoms. The molecule has 2 aromatic heterocycles. The van der Waals surface area contributed by atoms with Crippen molar-refractivity contribution in [3.8, 4) is 0 Å². The van der Waals surface area contributed by atoms with Gasteiger partial charge in [0.2, 0.25) is 5.95 Å². The minimum absolute atomic E-state index is 0.0107. The van der Waals surface area contributed by atoms with Crippen LogP contribution < -0.4 is 5.32 Å². The molecule has 0 atom stereocenters. The van der Waals surface area contributed by atoms with Crippen LogP contribution in [-0.4, -0.2) is 41.5 Å². The fourth-order valence-corrected chi connectivity index (χ4v) is 2.22. The summed E-state index contributed by atoms with van der Waals surface area (Å²) < 4.78 is 15.8. The molecule has 0 aliphatic rings. The maximum absolute atomic E-state index is 13.2. The lowest BCUT2D eigenvalue weighted by atomic mass is 10.2. The van der Waals surface area contributed by atoms with E-state index >= 15 is 0 Å². The lowest BCUT2D eigenvalue weighted by Crippen LogP contribution is -2.17. The summed E-state index contributed by atoms with van der Waals surface area (Å²) in [6.07, 6.45) is 2.60. The molecule has 2 N–H and O–H groups in total. The second-order valence-corrected chi connectivity index (χ2v) is 5.22. The number of aryl methyl sites for hydroxylation is 1. The van der Waals surface area contributed by atoms with Gasteiger partial charge in [-0.1, -0.05) is 12.1 Å². The van der Waals surface area contributed by atoms with Crippen LogP contribution >= 0.6 is 0 Å². The SMILES string of the molecule is Cn1cc(C(=O)O)c(C(=O)Nc2ncn(Cc3cccc(F)c3)n2)n1. The van der Waals surface area contributed by atoms with Crippen LogP contribution in [-0.2, 0) is 13.6 Å². The lowest BCUT2D eigenvalue weighted by Gasteiger charge is -2.01. The van der Waals surface area contributed by atoms with E-state index in [4.69, 9.17) is 5.11 Å². The molecule has 0 fully saturated rings. The summed E-state index contributed by atoms with van der Waals surface area (Å²) in [4.78, 5) is 27.2. The Labute approximate surface area is 140 Å². The van der Waals surface area contributed by atoms with Gasteiger partial charge in [0.1, 0.15) is 17.7 Å². The van der Waals surface area contributed by atoms with Crippen molar-refractivity contribution in [3.05, 3.63) is 59.4 Å². The molecule has 3 aromatic rings. The molecule has 0 saturated heterocycles. The zero-order chi connectivity index (χ0) is 18.0. The first-order valence-electron chi connectivity index (χ1n) is 7.14.